The van der Waals surface area contributed by atoms with Crippen molar-refractivity contribution in [2.24, 2.45) is 5.41 Å². The molecule has 1 fully saturated rings. The van der Waals surface area contributed by atoms with Crippen LogP contribution < -0.4 is 5.32 Å². The Labute approximate surface area is 145 Å². The number of nitro groups is 1. The van der Waals surface area contributed by atoms with Gasteiger partial charge in [-0.3, -0.25) is 19.7 Å². The molecule has 0 spiro atoms. The van der Waals surface area contributed by atoms with E-state index in [4.69, 9.17) is 0 Å². The molecule has 132 valence electrons. The molecule has 1 aromatic heterocycles. The third-order valence-electron chi connectivity index (χ3n) is 4.07. The normalized spacial score (nSPS) is 16.1. The number of likely N-dealkylation sites (tertiary alicyclic amines) is 1. The van der Waals surface area contributed by atoms with Gasteiger partial charge in [-0.25, -0.2) is 0 Å². The minimum Gasteiger partial charge on any atom is -0.348 e. The van der Waals surface area contributed by atoms with Gasteiger partial charge in [0.25, 0.3) is 11.6 Å². The second-order valence-corrected chi connectivity index (χ2v) is 8.36. The first-order valence-corrected chi connectivity index (χ1v) is 8.76. The number of thiophene rings is 1. The fourth-order valence-electron chi connectivity index (χ4n) is 2.72. The number of carbonyl (C=O) groups excluding carboxylic acids is 2. The second kappa shape index (κ2) is 6.88. The van der Waals surface area contributed by atoms with E-state index in [1.54, 1.807) is 6.92 Å². The highest BCUT2D eigenvalue weighted by Gasteiger charge is 2.31. The first-order valence-electron chi connectivity index (χ1n) is 7.94. The molecule has 1 aromatic rings. The Balaban J connectivity index is 1.92. The van der Waals surface area contributed by atoms with Crippen molar-refractivity contribution in [3.8, 4) is 0 Å². The Bertz CT molecular complexity index is 655. The molecular weight excluding hydrogens is 330 g/mol. The van der Waals surface area contributed by atoms with Crippen molar-refractivity contribution in [2.45, 2.75) is 46.6 Å². The van der Waals surface area contributed by atoms with Crippen molar-refractivity contribution in [1.82, 2.24) is 10.2 Å². The van der Waals surface area contributed by atoms with Crippen molar-refractivity contribution in [3.63, 3.8) is 0 Å². The van der Waals surface area contributed by atoms with Crippen LogP contribution in [0.5, 0.6) is 0 Å². The molecule has 24 heavy (non-hydrogen) atoms. The summed E-state index contributed by atoms with van der Waals surface area (Å²) in [4.78, 5) is 37.6. The lowest BCUT2D eigenvalue weighted by molar-refractivity contribution is -0.385. The van der Waals surface area contributed by atoms with Crippen LogP contribution in [0.15, 0.2) is 6.07 Å². The smallest absolute Gasteiger partial charge is 0.283 e. The van der Waals surface area contributed by atoms with Gasteiger partial charge in [0, 0.05) is 30.6 Å². The molecule has 0 radical (unpaired) electrons. The van der Waals surface area contributed by atoms with Gasteiger partial charge in [0.05, 0.1) is 14.7 Å². The molecule has 0 atom stereocenters. The molecule has 1 saturated heterocycles. The maximum absolute atomic E-state index is 12.3. The predicted octanol–water partition coefficient (Wildman–Crippen LogP) is 2.73. The summed E-state index contributed by atoms with van der Waals surface area (Å²) >= 11 is 1.13. The fourth-order valence-corrected chi connectivity index (χ4v) is 3.61. The standard InChI is InChI=1S/C16H23N3O4S/c1-10-12(19(22)23)9-13(24-10)14(20)17-11-5-7-18(8-6-11)15(21)16(2,3)4/h9,11H,5-8H2,1-4H3,(H,17,20). The summed E-state index contributed by atoms with van der Waals surface area (Å²) in [5.41, 5.74) is -0.417. The number of nitrogens with zero attached hydrogens (tertiary/aromatic N) is 2. The highest BCUT2D eigenvalue weighted by molar-refractivity contribution is 7.14. The summed E-state index contributed by atoms with van der Waals surface area (Å²) in [6.07, 6.45) is 1.39. The molecule has 0 aliphatic carbocycles. The molecule has 1 N–H and O–H groups in total. The molecule has 7 nitrogen and oxygen atoms in total. The molecule has 0 unspecified atom stereocenters. The molecule has 8 heteroatoms. The maximum atomic E-state index is 12.3. The maximum Gasteiger partial charge on any atom is 0.283 e. The lowest BCUT2D eigenvalue weighted by atomic mass is 9.93. The number of hydrogen-bond acceptors (Lipinski definition) is 5. The Morgan fingerprint density at radius 1 is 1.33 bits per heavy atom. The van der Waals surface area contributed by atoms with Crippen molar-refractivity contribution in [1.29, 1.82) is 0 Å². The number of aryl methyl sites for hydroxylation is 1. The molecule has 2 amide bonds. The summed E-state index contributed by atoms with van der Waals surface area (Å²) in [6.45, 7) is 8.56. The van der Waals surface area contributed by atoms with Gasteiger partial charge in [-0.1, -0.05) is 20.8 Å². The quantitative estimate of drug-likeness (QED) is 0.668. The van der Waals surface area contributed by atoms with Gasteiger partial charge in [-0.05, 0) is 19.8 Å². The Morgan fingerprint density at radius 2 is 1.92 bits per heavy atom. The number of hydrogen-bond donors (Lipinski definition) is 1. The first-order chi connectivity index (χ1) is 11.1. The van der Waals surface area contributed by atoms with Gasteiger partial charge in [-0.15, -0.1) is 11.3 Å². The van der Waals surface area contributed by atoms with E-state index in [0.717, 1.165) is 11.3 Å². The predicted molar refractivity (Wildman–Crippen MR) is 92.2 cm³/mol. The molecular formula is C16H23N3O4S. The van der Waals surface area contributed by atoms with Crippen molar-refractivity contribution in [2.75, 3.05) is 13.1 Å². The number of amides is 2. The van der Waals surface area contributed by atoms with E-state index < -0.39 is 10.3 Å². The summed E-state index contributed by atoms with van der Waals surface area (Å²) in [5.74, 6) is -0.159. The fraction of sp³-hybridized carbons (Fsp3) is 0.625. The topological polar surface area (TPSA) is 92.6 Å². The first kappa shape index (κ1) is 18.4. The third kappa shape index (κ3) is 4.11. The van der Waals surface area contributed by atoms with E-state index in [-0.39, 0.29) is 23.5 Å². The highest BCUT2D eigenvalue weighted by Crippen LogP contribution is 2.28. The summed E-state index contributed by atoms with van der Waals surface area (Å²) in [6, 6.07) is 1.32. The van der Waals surface area contributed by atoms with Gasteiger partial charge >= 0.3 is 0 Å². The van der Waals surface area contributed by atoms with Crippen LogP contribution in [0.4, 0.5) is 5.69 Å². The zero-order valence-electron chi connectivity index (χ0n) is 14.4. The number of nitrogens with one attached hydrogen (secondary N) is 1. The molecule has 1 aliphatic rings. The second-order valence-electron chi connectivity index (χ2n) is 7.10. The van der Waals surface area contributed by atoms with E-state index >= 15 is 0 Å². The summed E-state index contributed by atoms with van der Waals surface area (Å²) < 4.78 is 0. The number of piperidine rings is 1. The monoisotopic (exact) mass is 353 g/mol. The van der Waals surface area contributed by atoms with E-state index in [2.05, 4.69) is 5.32 Å². The van der Waals surface area contributed by atoms with Crippen LogP contribution in [-0.2, 0) is 4.79 Å². The van der Waals surface area contributed by atoms with E-state index in [1.165, 1.54) is 6.07 Å². The molecule has 0 aromatic carbocycles. The lowest BCUT2D eigenvalue weighted by Gasteiger charge is -2.35. The number of carbonyl (C=O) groups is 2. The SMILES string of the molecule is Cc1sc(C(=O)NC2CCN(C(=O)C(C)(C)C)CC2)cc1[N+](=O)[O-]. The third-order valence-corrected chi connectivity index (χ3v) is 5.11. The minimum atomic E-state index is -0.473. The Hall–Kier alpha value is -1.96. The van der Waals surface area contributed by atoms with E-state index in [1.807, 2.05) is 25.7 Å². The van der Waals surface area contributed by atoms with Crippen molar-refractivity contribution in [3.05, 3.63) is 25.9 Å². The van der Waals surface area contributed by atoms with Gasteiger partial charge < -0.3 is 10.2 Å². The van der Waals surface area contributed by atoms with Gasteiger partial charge in [0.1, 0.15) is 0 Å². The Kier molecular flexibility index (Phi) is 5.27. The van der Waals surface area contributed by atoms with Crippen LogP contribution in [0.25, 0.3) is 0 Å². The van der Waals surface area contributed by atoms with Crippen LogP contribution in [0.3, 0.4) is 0 Å². The lowest BCUT2D eigenvalue weighted by Crippen LogP contribution is -2.49. The zero-order chi connectivity index (χ0) is 18.1. The number of rotatable bonds is 3. The van der Waals surface area contributed by atoms with Crippen LogP contribution >= 0.6 is 11.3 Å². The van der Waals surface area contributed by atoms with E-state index in [9.17, 15) is 19.7 Å². The zero-order valence-corrected chi connectivity index (χ0v) is 15.2. The molecule has 0 saturated carbocycles. The Morgan fingerprint density at radius 3 is 2.38 bits per heavy atom. The van der Waals surface area contributed by atoms with Crippen LogP contribution in [0, 0.1) is 22.5 Å². The average molecular weight is 353 g/mol. The largest absolute Gasteiger partial charge is 0.348 e. The van der Waals surface area contributed by atoms with Crippen LogP contribution in [0.1, 0.15) is 48.2 Å². The van der Waals surface area contributed by atoms with Crippen LogP contribution in [-0.4, -0.2) is 40.8 Å². The van der Waals surface area contributed by atoms with Crippen LogP contribution in [0.2, 0.25) is 0 Å². The van der Waals surface area contributed by atoms with Gasteiger partial charge in [0.2, 0.25) is 5.91 Å². The van der Waals surface area contributed by atoms with Crippen molar-refractivity contribution >= 4 is 28.8 Å². The summed E-state index contributed by atoms with van der Waals surface area (Å²) in [5, 5.41) is 13.8. The molecule has 2 heterocycles. The van der Waals surface area contributed by atoms with Gasteiger partial charge in [-0.2, -0.15) is 0 Å². The molecule has 0 bridgehead atoms. The average Bonchev–Trinajstić information content (AvgIpc) is 2.88. The molecule has 2 rings (SSSR count). The van der Waals surface area contributed by atoms with Crippen molar-refractivity contribution < 1.29 is 14.5 Å². The summed E-state index contributed by atoms with van der Waals surface area (Å²) in [7, 11) is 0. The minimum absolute atomic E-state index is 0.0111. The van der Waals surface area contributed by atoms with Gasteiger partial charge in [0.15, 0.2) is 0 Å². The molecule has 1 aliphatic heterocycles. The highest BCUT2D eigenvalue weighted by atomic mass is 32.1. The van der Waals surface area contributed by atoms with E-state index in [0.29, 0.717) is 35.7 Å².